The zero-order chi connectivity index (χ0) is 21.4. The molecule has 4 aromatic rings. The number of aliphatic imine (C=N–C) groups is 1. The molecular formula is C24H14Cl2N2O2S. The molecule has 1 amide bonds. The Morgan fingerprint density at radius 2 is 1.81 bits per heavy atom. The number of amides is 1. The molecule has 4 nitrogen and oxygen atoms in total. The van der Waals surface area contributed by atoms with Gasteiger partial charge in [-0.15, -0.1) is 0 Å². The minimum absolute atomic E-state index is 0.220. The fraction of sp³-hybridized carbons (Fsp3) is 0. The second-order valence-electron chi connectivity index (χ2n) is 6.81. The molecule has 0 saturated carbocycles. The van der Waals surface area contributed by atoms with Crippen LogP contribution in [0.3, 0.4) is 0 Å². The van der Waals surface area contributed by atoms with Gasteiger partial charge in [0.1, 0.15) is 11.5 Å². The smallest absolute Gasteiger partial charge is 0.264 e. The molecule has 2 heterocycles. The summed E-state index contributed by atoms with van der Waals surface area (Å²) in [6.07, 6.45) is 1.69. The minimum atomic E-state index is -0.220. The standard InChI is InChI=1S/C24H14Cl2N2O2S/c25-15-8-10-19(26)18(12-15)21-11-9-16(30-21)13-22-23(29)28-24(31-22)27-20-7-3-5-14-4-1-2-6-17(14)20/h1-13H,(H,27,28,29)/b22-13+. The fourth-order valence-electron chi connectivity index (χ4n) is 3.29. The van der Waals surface area contributed by atoms with Gasteiger partial charge in [0.2, 0.25) is 0 Å². The van der Waals surface area contributed by atoms with Crippen LogP contribution in [-0.2, 0) is 4.79 Å². The number of rotatable bonds is 3. The van der Waals surface area contributed by atoms with Crippen molar-refractivity contribution in [2.24, 2.45) is 4.99 Å². The molecule has 7 heteroatoms. The van der Waals surface area contributed by atoms with E-state index in [-0.39, 0.29) is 5.91 Å². The number of carbonyl (C=O) groups is 1. The highest BCUT2D eigenvalue weighted by Crippen LogP contribution is 2.34. The van der Waals surface area contributed by atoms with E-state index in [0.29, 0.717) is 37.2 Å². The molecule has 1 N–H and O–H groups in total. The highest BCUT2D eigenvalue weighted by atomic mass is 35.5. The molecule has 0 radical (unpaired) electrons. The third-order valence-corrected chi connectivity index (χ3v) is 6.21. The molecule has 0 atom stereocenters. The van der Waals surface area contributed by atoms with Gasteiger partial charge in [-0.2, -0.15) is 0 Å². The molecule has 31 heavy (non-hydrogen) atoms. The lowest BCUT2D eigenvalue weighted by Crippen LogP contribution is -2.19. The first-order valence-corrected chi connectivity index (χ1v) is 11.0. The lowest BCUT2D eigenvalue weighted by Gasteiger charge is -2.02. The summed E-state index contributed by atoms with van der Waals surface area (Å²) >= 11 is 13.6. The molecular weight excluding hydrogens is 451 g/mol. The van der Waals surface area contributed by atoms with Crippen LogP contribution in [0.1, 0.15) is 5.76 Å². The Hall–Kier alpha value is -2.99. The molecule has 0 bridgehead atoms. The third kappa shape index (κ3) is 4.12. The second kappa shape index (κ2) is 8.27. The first-order chi connectivity index (χ1) is 15.1. The Kier molecular flexibility index (Phi) is 5.32. The number of hydrogen-bond donors (Lipinski definition) is 1. The van der Waals surface area contributed by atoms with Gasteiger partial charge in [0.15, 0.2) is 5.17 Å². The summed E-state index contributed by atoms with van der Waals surface area (Å²) in [4.78, 5) is 17.6. The number of furan rings is 1. The number of amidine groups is 1. The summed E-state index contributed by atoms with van der Waals surface area (Å²) in [5.74, 6) is 0.894. The normalized spacial score (nSPS) is 16.4. The first-order valence-electron chi connectivity index (χ1n) is 9.39. The predicted molar refractivity (Wildman–Crippen MR) is 129 cm³/mol. The quantitative estimate of drug-likeness (QED) is 0.323. The van der Waals surface area contributed by atoms with E-state index in [2.05, 4.69) is 10.3 Å². The molecule has 5 rings (SSSR count). The Morgan fingerprint density at radius 1 is 0.968 bits per heavy atom. The van der Waals surface area contributed by atoms with Gasteiger partial charge >= 0.3 is 0 Å². The lowest BCUT2D eigenvalue weighted by atomic mass is 10.1. The molecule has 0 unspecified atom stereocenters. The molecule has 3 aromatic carbocycles. The van der Waals surface area contributed by atoms with Crippen molar-refractivity contribution >= 4 is 68.6 Å². The van der Waals surface area contributed by atoms with Gasteiger partial charge in [-0.3, -0.25) is 4.79 Å². The van der Waals surface area contributed by atoms with Gasteiger partial charge in [-0.25, -0.2) is 4.99 Å². The largest absolute Gasteiger partial charge is 0.457 e. The summed E-state index contributed by atoms with van der Waals surface area (Å²) in [5, 5.41) is 6.57. The van der Waals surface area contributed by atoms with E-state index in [0.717, 1.165) is 16.5 Å². The van der Waals surface area contributed by atoms with E-state index in [1.54, 1.807) is 36.4 Å². The van der Waals surface area contributed by atoms with Gasteiger partial charge in [-0.1, -0.05) is 59.6 Å². The van der Waals surface area contributed by atoms with Crippen LogP contribution in [0.15, 0.2) is 87.1 Å². The number of halogens is 2. The molecule has 1 fully saturated rings. The van der Waals surface area contributed by atoms with Gasteiger partial charge in [-0.05, 0) is 53.5 Å². The lowest BCUT2D eigenvalue weighted by molar-refractivity contribution is -0.115. The van der Waals surface area contributed by atoms with Gasteiger partial charge in [0.25, 0.3) is 5.91 Å². The highest BCUT2D eigenvalue weighted by Gasteiger charge is 2.24. The summed E-state index contributed by atoms with van der Waals surface area (Å²) in [7, 11) is 0. The summed E-state index contributed by atoms with van der Waals surface area (Å²) < 4.78 is 5.87. The molecule has 1 aliphatic heterocycles. The van der Waals surface area contributed by atoms with Crippen molar-refractivity contribution in [3.8, 4) is 11.3 Å². The van der Waals surface area contributed by atoms with Crippen molar-refractivity contribution < 1.29 is 9.21 Å². The maximum atomic E-state index is 12.5. The van der Waals surface area contributed by atoms with Gasteiger partial charge < -0.3 is 9.73 Å². The first kappa shape index (κ1) is 19.9. The Morgan fingerprint density at radius 3 is 2.71 bits per heavy atom. The van der Waals surface area contributed by atoms with Gasteiger partial charge in [0, 0.05) is 22.0 Å². The van der Waals surface area contributed by atoms with Crippen LogP contribution < -0.4 is 5.32 Å². The van der Waals surface area contributed by atoms with Crippen LogP contribution >= 0.6 is 35.0 Å². The van der Waals surface area contributed by atoms with E-state index >= 15 is 0 Å². The van der Waals surface area contributed by atoms with Gasteiger partial charge in [0.05, 0.1) is 15.6 Å². The number of hydrogen-bond acceptors (Lipinski definition) is 4. The van der Waals surface area contributed by atoms with Crippen molar-refractivity contribution in [2.75, 3.05) is 0 Å². The molecule has 1 saturated heterocycles. The number of fused-ring (bicyclic) bond motifs is 1. The van der Waals surface area contributed by atoms with Crippen LogP contribution in [0.25, 0.3) is 28.2 Å². The Balaban J connectivity index is 1.42. The van der Waals surface area contributed by atoms with Crippen molar-refractivity contribution in [1.82, 2.24) is 5.32 Å². The zero-order valence-electron chi connectivity index (χ0n) is 15.9. The number of carbonyl (C=O) groups excluding carboxylic acids is 1. The molecule has 1 aliphatic rings. The Bertz CT molecular complexity index is 1390. The SMILES string of the molecule is O=C1NC(=Nc2cccc3ccccc23)S/C1=C/c1ccc(-c2cc(Cl)ccc2Cl)o1. The highest BCUT2D eigenvalue weighted by molar-refractivity contribution is 8.18. The van der Waals surface area contributed by atoms with E-state index in [9.17, 15) is 4.79 Å². The number of nitrogens with one attached hydrogen (secondary N) is 1. The zero-order valence-corrected chi connectivity index (χ0v) is 18.3. The van der Waals surface area contributed by atoms with Crippen LogP contribution in [0, 0.1) is 0 Å². The minimum Gasteiger partial charge on any atom is -0.457 e. The van der Waals surface area contributed by atoms with E-state index in [1.165, 1.54) is 11.8 Å². The van der Waals surface area contributed by atoms with Crippen LogP contribution in [0.2, 0.25) is 10.0 Å². The maximum Gasteiger partial charge on any atom is 0.264 e. The molecule has 1 aromatic heterocycles. The third-order valence-electron chi connectivity index (χ3n) is 4.73. The summed E-state index contributed by atoms with van der Waals surface area (Å²) in [5.41, 5.74) is 1.50. The second-order valence-corrected chi connectivity index (χ2v) is 8.68. The molecule has 0 aliphatic carbocycles. The molecule has 0 spiro atoms. The summed E-state index contributed by atoms with van der Waals surface area (Å²) in [6.45, 7) is 0. The Labute approximate surface area is 192 Å². The average Bonchev–Trinajstić information content (AvgIpc) is 3.37. The van der Waals surface area contributed by atoms with Crippen molar-refractivity contribution in [3.05, 3.63) is 93.5 Å². The van der Waals surface area contributed by atoms with Crippen LogP contribution in [-0.4, -0.2) is 11.1 Å². The maximum absolute atomic E-state index is 12.5. The average molecular weight is 465 g/mol. The van der Waals surface area contributed by atoms with Crippen LogP contribution in [0.5, 0.6) is 0 Å². The fourth-order valence-corrected chi connectivity index (χ4v) is 4.48. The van der Waals surface area contributed by atoms with E-state index in [1.807, 2.05) is 42.5 Å². The molecule has 152 valence electrons. The van der Waals surface area contributed by atoms with E-state index in [4.69, 9.17) is 27.6 Å². The predicted octanol–water partition coefficient (Wildman–Crippen LogP) is 7.30. The van der Waals surface area contributed by atoms with Crippen molar-refractivity contribution in [2.45, 2.75) is 0 Å². The number of thioether (sulfide) groups is 1. The number of benzene rings is 3. The van der Waals surface area contributed by atoms with Crippen LogP contribution in [0.4, 0.5) is 5.69 Å². The van der Waals surface area contributed by atoms with Crippen molar-refractivity contribution in [3.63, 3.8) is 0 Å². The topological polar surface area (TPSA) is 54.6 Å². The summed E-state index contributed by atoms with van der Waals surface area (Å²) in [6, 6.07) is 22.7. The number of nitrogens with zero attached hydrogens (tertiary/aromatic N) is 1. The monoisotopic (exact) mass is 464 g/mol. The van der Waals surface area contributed by atoms with E-state index < -0.39 is 0 Å². The van der Waals surface area contributed by atoms with Crippen molar-refractivity contribution in [1.29, 1.82) is 0 Å².